The lowest BCUT2D eigenvalue weighted by atomic mass is 10.3. The third kappa shape index (κ3) is 4.61. The molecule has 1 aromatic carbocycles. The number of halogens is 1. The van der Waals surface area contributed by atoms with Crippen LogP contribution in [0.1, 0.15) is 5.76 Å². The highest BCUT2D eigenvalue weighted by Gasteiger charge is 2.26. The van der Waals surface area contributed by atoms with Gasteiger partial charge in [-0.25, -0.2) is 8.42 Å². The van der Waals surface area contributed by atoms with Gasteiger partial charge < -0.3 is 14.5 Å². The van der Waals surface area contributed by atoms with Gasteiger partial charge in [0.05, 0.1) is 18.1 Å². The van der Waals surface area contributed by atoms with Crippen LogP contribution in [0.4, 0.5) is 5.69 Å². The van der Waals surface area contributed by atoms with E-state index >= 15 is 0 Å². The van der Waals surface area contributed by atoms with Gasteiger partial charge in [-0.15, -0.1) is 0 Å². The zero-order valence-corrected chi connectivity index (χ0v) is 16.1. The molecule has 9 heteroatoms. The van der Waals surface area contributed by atoms with Crippen molar-refractivity contribution in [3.05, 3.63) is 52.9 Å². The summed E-state index contributed by atoms with van der Waals surface area (Å²) in [5.74, 6) is 0.133. The number of ether oxygens (including phenoxy) is 1. The minimum absolute atomic E-state index is 0.135. The molecule has 138 valence electrons. The van der Waals surface area contributed by atoms with E-state index in [2.05, 4.69) is 21.2 Å². The monoisotopic (exact) mass is 440 g/mol. The SMILES string of the molecule is O=C(/C=C/c1ccc(Br)o1)Nc1cccc(S(=O)(=O)N2CCOCC2)c1. The van der Waals surface area contributed by atoms with Crippen molar-refractivity contribution < 1.29 is 22.4 Å². The van der Waals surface area contributed by atoms with Crippen molar-refractivity contribution in [1.82, 2.24) is 4.31 Å². The molecule has 0 saturated carbocycles. The average Bonchev–Trinajstić information content (AvgIpc) is 3.06. The topological polar surface area (TPSA) is 88.8 Å². The lowest BCUT2D eigenvalue weighted by Gasteiger charge is -2.26. The fourth-order valence-corrected chi connectivity index (χ4v) is 4.20. The number of sulfonamides is 1. The van der Waals surface area contributed by atoms with Crippen LogP contribution in [0.15, 0.2) is 56.5 Å². The van der Waals surface area contributed by atoms with Crippen LogP contribution < -0.4 is 5.32 Å². The molecule has 1 amide bonds. The zero-order valence-electron chi connectivity index (χ0n) is 13.7. The van der Waals surface area contributed by atoms with E-state index in [-0.39, 0.29) is 4.90 Å². The Hall–Kier alpha value is -1.94. The largest absolute Gasteiger partial charge is 0.450 e. The Labute approximate surface area is 159 Å². The molecule has 1 aliphatic rings. The number of morpholine rings is 1. The van der Waals surface area contributed by atoms with Crippen molar-refractivity contribution in [3.8, 4) is 0 Å². The van der Waals surface area contributed by atoms with Gasteiger partial charge in [-0.2, -0.15) is 4.31 Å². The fraction of sp³-hybridized carbons (Fsp3) is 0.235. The van der Waals surface area contributed by atoms with Gasteiger partial charge in [0, 0.05) is 24.9 Å². The second-order valence-electron chi connectivity index (χ2n) is 5.51. The molecule has 0 radical (unpaired) electrons. The van der Waals surface area contributed by atoms with Gasteiger partial charge >= 0.3 is 0 Å². The van der Waals surface area contributed by atoms with Crippen LogP contribution in [0.5, 0.6) is 0 Å². The van der Waals surface area contributed by atoms with Gasteiger partial charge in [-0.05, 0) is 52.3 Å². The molecule has 0 spiro atoms. The minimum atomic E-state index is -3.61. The summed E-state index contributed by atoms with van der Waals surface area (Å²) in [4.78, 5) is 12.2. The molecule has 0 aliphatic carbocycles. The highest BCUT2D eigenvalue weighted by atomic mass is 79.9. The van der Waals surface area contributed by atoms with E-state index in [1.807, 2.05) is 0 Å². The molecule has 1 aliphatic heterocycles. The summed E-state index contributed by atoms with van der Waals surface area (Å²) in [6, 6.07) is 9.61. The van der Waals surface area contributed by atoms with Crippen LogP contribution in [-0.4, -0.2) is 44.9 Å². The highest BCUT2D eigenvalue weighted by Crippen LogP contribution is 2.21. The maximum atomic E-state index is 12.7. The predicted octanol–water partition coefficient (Wildman–Crippen LogP) is 2.71. The quantitative estimate of drug-likeness (QED) is 0.721. The number of hydrogen-bond donors (Lipinski definition) is 1. The lowest BCUT2D eigenvalue weighted by molar-refractivity contribution is -0.111. The van der Waals surface area contributed by atoms with Crippen LogP contribution in [0, 0.1) is 0 Å². The summed E-state index contributed by atoms with van der Waals surface area (Å²) < 4.78 is 37.7. The molecule has 2 aromatic rings. The molecular weight excluding hydrogens is 424 g/mol. The second-order valence-corrected chi connectivity index (χ2v) is 8.23. The van der Waals surface area contributed by atoms with Crippen LogP contribution >= 0.6 is 15.9 Å². The van der Waals surface area contributed by atoms with Gasteiger partial charge in [-0.3, -0.25) is 4.79 Å². The molecule has 0 bridgehead atoms. The van der Waals surface area contributed by atoms with Crippen molar-refractivity contribution >= 4 is 43.6 Å². The molecule has 3 rings (SSSR count). The third-order valence-electron chi connectivity index (χ3n) is 3.70. The summed E-state index contributed by atoms with van der Waals surface area (Å²) in [6.07, 6.45) is 2.84. The van der Waals surface area contributed by atoms with Gasteiger partial charge in [0.25, 0.3) is 0 Å². The summed E-state index contributed by atoms with van der Waals surface area (Å²) in [5, 5.41) is 2.65. The van der Waals surface area contributed by atoms with Crippen molar-refractivity contribution in [2.24, 2.45) is 0 Å². The van der Waals surface area contributed by atoms with Crippen LogP contribution in [0.25, 0.3) is 6.08 Å². The second kappa shape index (κ2) is 8.17. The summed E-state index contributed by atoms with van der Waals surface area (Å²) in [6.45, 7) is 1.40. The van der Waals surface area contributed by atoms with Crippen molar-refractivity contribution in [3.63, 3.8) is 0 Å². The van der Waals surface area contributed by atoms with Gasteiger partial charge in [0.15, 0.2) is 4.67 Å². The third-order valence-corrected chi connectivity index (χ3v) is 6.02. The van der Waals surface area contributed by atoms with E-state index in [0.717, 1.165) is 0 Å². The maximum absolute atomic E-state index is 12.7. The number of furan rings is 1. The number of hydrogen-bond acceptors (Lipinski definition) is 5. The lowest BCUT2D eigenvalue weighted by Crippen LogP contribution is -2.40. The summed E-state index contributed by atoms with van der Waals surface area (Å²) in [7, 11) is -3.61. The number of nitrogens with one attached hydrogen (secondary N) is 1. The zero-order chi connectivity index (χ0) is 18.6. The molecule has 1 N–H and O–H groups in total. The Kier molecular flexibility index (Phi) is 5.92. The number of carbonyl (C=O) groups is 1. The first kappa shape index (κ1) is 18.8. The van der Waals surface area contributed by atoms with Crippen molar-refractivity contribution in [2.45, 2.75) is 4.90 Å². The number of nitrogens with zero attached hydrogens (tertiary/aromatic N) is 1. The molecular formula is C17H17BrN2O5S. The fourth-order valence-electron chi connectivity index (χ4n) is 2.43. The maximum Gasteiger partial charge on any atom is 0.248 e. The number of carbonyl (C=O) groups excluding carboxylic acids is 1. The number of anilines is 1. The Morgan fingerprint density at radius 1 is 1.19 bits per heavy atom. The highest BCUT2D eigenvalue weighted by molar-refractivity contribution is 9.10. The molecule has 1 aromatic heterocycles. The number of amides is 1. The van der Waals surface area contributed by atoms with Crippen LogP contribution in [-0.2, 0) is 19.6 Å². The van der Waals surface area contributed by atoms with E-state index in [4.69, 9.17) is 9.15 Å². The normalized spacial score (nSPS) is 16.0. The first-order valence-corrected chi connectivity index (χ1v) is 10.1. The number of rotatable bonds is 5. The molecule has 0 unspecified atom stereocenters. The first-order valence-electron chi connectivity index (χ1n) is 7.87. The Morgan fingerprint density at radius 3 is 2.65 bits per heavy atom. The Balaban J connectivity index is 1.70. The first-order chi connectivity index (χ1) is 12.4. The average molecular weight is 441 g/mol. The molecule has 2 heterocycles. The van der Waals surface area contributed by atoms with Crippen molar-refractivity contribution in [1.29, 1.82) is 0 Å². The van der Waals surface area contributed by atoms with Crippen molar-refractivity contribution in [2.75, 3.05) is 31.6 Å². The minimum Gasteiger partial charge on any atom is -0.450 e. The standard InChI is InChI=1S/C17H17BrN2O5S/c18-16-6-4-14(25-16)5-7-17(21)19-13-2-1-3-15(12-13)26(22,23)20-8-10-24-11-9-20/h1-7,12H,8-11H2,(H,19,21)/b7-5+. The van der Waals surface area contributed by atoms with Gasteiger partial charge in [0.1, 0.15) is 5.76 Å². The van der Waals surface area contributed by atoms with E-state index in [1.54, 1.807) is 24.3 Å². The Bertz CT molecular complexity index is 917. The number of benzene rings is 1. The molecule has 1 fully saturated rings. The van der Waals surface area contributed by atoms with E-state index in [9.17, 15) is 13.2 Å². The summed E-state index contributed by atoms with van der Waals surface area (Å²) >= 11 is 3.18. The molecule has 7 nitrogen and oxygen atoms in total. The molecule has 0 atom stereocenters. The molecule has 1 saturated heterocycles. The molecule has 26 heavy (non-hydrogen) atoms. The van der Waals surface area contributed by atoms with E-state index in [1.165, 1.54) is 28.6 Å². The van der Waals surface area contributed by atoms with E-state index < -0.39 is 15.9 Å². The predicted molar refractivity (Wildman–Crippen MR) is 100 cm³/mol. The van der Waals surface area contributed by atoms with E-state index in [0.29, 0.717) is 42.4 Å². The van der Waals surface area contributed by atoms with Gasteiger partial charge in [-0.1, -0.05) is 6.07 Å². The van der Waals surface area contributed by atoms with Crippen LogP contribution in [0.2, 0.25) is 0 Å². The summed E-state index contributed by atoms with van der Waals surface area (Å²) in [5.41, 5.74) is 0.398. The van der Waals surface area contributed by atoms with Gasteiger partial charge in [0.2, 0.25) is 15.9 Å². The smallest absolute Gasteiger partial charge is 0.248 e. The van der Waals surface area contributed by atoms with Crippen LogP contribution in [0.3, 0.4) is 0 Å². The Morgan fingerprint density at radius 2 is 1.96 bits per heavy atom.